The van der Waals surface area contributed by atoms with Crippen molar-refractivity contribution >= 4 is 5.78 Å². The van der Waals surface area contributed by atoms with Gasteiger partial charge in [0.2, 0.25) is 0 Å². The Morgan fingerprint density at radius 1 is 1.62 bits per heavy atom. The molecule has 1 heterocycles. The van der Waals surface area contributed by atoms with E-state index in [2.05, 4.69) is 11.4 Å². The second-order valence-corrected chi connectivity index (χ2v) is 3.98. The van der Waals surface area contributed by atoms with Crippen molar-refractivity contribution in [1.82, 2.24) is 5.32 Å². The molecule has 0 saturated carbocycles. The SMILES string of the molecule is CCC(=O)C1NCCc2cc(C#N)ccc21. The summed E-state index contributed by atoms with van der Waals surface area (Å²) in [4.78, 5) is 11.8. The molecule has 0 fully saturated rings. The molecule has 0 aliphatic carbocycles. The van der Waals surface area contributed by atoms with E-state index < -0.39 is 0 Å². The van der Waals surface area contributed by atoms with Gasteiger partial charge in [-0.25, -0.2) is 0 Å². The van der Waals surface area contributed by atoms with Gasteiger partial charge in [0.1, 0.15) is 0 Å². The normalized spacial score (nSPS) is 18.6. The molecular weight excluding hydrogens is 200 g/mol. The highest BCUT2D eigenvalue weighted by Crippen LogP contribution is 2.25. The zero-order valence-corrected chi connectivity index (χ0v) is 9.29. The van der Waals surface area contributed by atoms with Gasteiger partial charge in [-0.3, -0.25) is 4.79 Å². The van der Waals surface area contributed by atoms with E-state index >= 15 is 0 Å². The molecule has 1 N–H and O–H groups in total. The molecule has 0 saturated heterocycles. The molecule has 0 radical (unpaired) electrons. The average molecular weight is 214 g/mol. The Balaban J connectivity index is 2.40. The summed E-state index contributed by atoms with van der Waals surface area (Å²) in [6, 6.07) is 7.53. The Labute approximate surface area is 95.1 Å². The lowest BCUT2D eigenvalue weighted by Gasteiger charge is -2.25. The zero-order valence-electron chi connectivity index (χ0n) is 9.29. The molecule has 1 atom stereocenters. The fourth-order valence-electron chi connectivity index (χ4n) is 2.13. The molecule has 2 rings (SSSR count). The van der Waals surface area contributed by atoms with Crippen LogP contribution in [0, 0.1) is 11.3 Å². The van der Waals surface area contributed by atoms with Crippen molar-refractivity contribution in [3.05, 3.63) is 34.9 Å². The molecule has 3 heteroatoms. The molecule has 1 unspecified atom stereocenters. The minimum atomic E-state index is -0.179. The van der Waals surface area contributed by atoms with Crippen LogP contribution in [0.1, 0.15) is 36.1 Å². The number of nitriles is 1. The molecule has 1 aliphatic heterocycles. The molecule has 1 aromatic carbocycles. The van der Waals surface area contributed by atoms with Gasteiger partial charge < -0.3 is 5.32 Å². The number of ketones is 1. The number of hydrogen-bond donors (Lipinski definition) is 1. The highest BCUT2D eigenvalue weighted by molar-refractivity contribution is 5.85. The number of carbonyl (C=O) groups is 1. The van der Waals surface area contributed by atoms with Gasteiger partial charge in [-0.2, -0.15) is 5.26 Å². The second kappa shape index (κ2) is 4.46. The quantitative estimate of drug-likeness (QED) is 0.815. The molecule has 3 nitrogen and oxygen atoms in total. The molecule has 0 spiro atoms. The Kier molecular flexibility index (Phi) is 3.02. The average Bonchev–Trinajstić information content (AvgIpc) is 2.36. The first-order valence-electron chi connectivity index (χ1n) is 5.55. The maximum absolute atomic E-state index is 11.8. The topological polar surface area (TPSA) is 52.9 Å². The minimum Gasteiger partial charge on any atom is -0.303 e. The van der Waals surface area contributed by atoms with Crippen molar-refractivity contribution in [3.8, 4) is 6.07 Å². The van der Waals surface area contributed by atoms with Crippen molar-refractivity contribution < 1.29 is 4.79 Å². The van der Waals surface area contributed by atoms with E-state index in [9.17, 15) is 4.79 Å². The lowest BCUT2D eigenvalue weighted by molar-refractivity contribution is -0.121. The van der Waals surface area contributed by atoms with Gasteiger partial charge in [0.15, 0.2) is 5.78 Å². The van der Waals surface area contributed by atoms with Crippen molar-refractivity contribution in [1.29, 1.82) is 5.26 Å². The summed E-state index contributed by atoms with van der Waals surface area (Å²) in [5, 5.41) is 12.1. The number of carbonyl (C=O) groups excluding carboxylic acids is 1. The van der Waals surface area contributed by atoms with Crippen LogP contribution in [0.5, 0.6) is 0 Å². The van der Waals surface area contributed by atoms with E-state index in [-0.39, 0.29) is 11.8 Å². The lowest BCUT2D eigenvalue weighted by Crippen LogP contribution is -2.34. The van der Waals surface area contributed by atoms with Crippen LogP contribution in [0.15, 0.2) is 18.2 Å². The summed E-state index contributed by atoms with van der Waals surface area (Å²) in [6.45, 7) is 2.68. The molecule has 0 bridgehead atoms. The first kappa shape index (κ1) is 10.8. The molecule has 16 heavy (non-hydrogen) atoms. The van der Waals surface area contributed by atoms with Gasteiger partial charge in [0.05, 0.1) is 17.7 Å². The molecule has 1 aromatic rings. The Hall–Kier alpha value is -1.66. The third kappa shape index (κ3) is 1.84. The minimum absolute atomic E-state index is 0.179. The monoisotopic (exact) mass is 214 g/mol. The maximum Gasteiger partial charge on any atom is 0.154 e. The van der Waals surface area contributed by atoms with E-state index in [0.717, 1.165) is 24.1 Å². The molecule has 1 aliphatic rings. The maximum atomic E-state index is 11.8. The summed E-state index contributed by atoms with van der Waals surface area (Å²) in [5.41, 5.74) is 2.84. The highest BCUT2D eigenvalue weighted by atomic mass is 16.1. The largest absolute Gasteiger partial charge is 0.303 e. The Morgan fingerprint density at radius 3 is 3.12 bits per heavy atom. The third-order valence-electron chi connectivity index (χ3n) is 3.00. The zero-order chi connectivity index (χ0) is 11.5. The van der Waals surface area contributed by atoms with Crippen LogP contribution in [0.4, 0.5) is 0 Å². The predicted molar refractivity (Wildman–Crippen MR) is 60.9 cm³/mol. The predicted octanol–water partition coefficient (Wildman–Crippen LogP) is 1.72. The van der Waals surface area contributed by atoms with Crippen LogP contribution < -0.4 is 5.32 Å². The molecule has 0 aromatic heterocycles. The lowest BCUT2D eigenvalue weighted by atomic mass is 9.90. The van der Waals surface area contributed by atoms with Crippen LogP contribution in [0.2, 0.25) is 0 Å². The van der Waals surface area contributed by atoms with E-state index in [1.54, 1.807) is 6.07 Å². The highest BCUT2D eigenvalue weighted by Gasteiger charge is 2.24. The van der Waals surface area contributed by atoms with E-state index in [4.69, 9.17) is 5.26 Å². The summed E-state index contributed by atoms with van der Waals surface area (Å²) in [7, 11) is 0. The first-order chi connectivity index (χ1) is 7.76. The van der Waals surface area contributed by atoms with Gasteiger partial charge in [0.25, 0.3) is 0 Å². The number of hydrogen-bond acceptors (Lipinski definition) is 3. The van der Waals surface area contributed by atoms with Crippen LogP contribution in [-0.2, 0) is 11.2 Å². The van der Waals surface area contributed by atoms with E-state index in [0.29, 0.717) is 12.0 Å². The number of fused-ring (bicyclic) bond motifs is 1. The Bertz CT molecular complexity index is 459. The van der Waals surface area contributed by atoms with Gasteiger partial charge in [0, 0.05) is 13.0 Å². The van der Waals surface area contributed by atoms with Gasteiger partial charge in [-0.15, -0.1) is 0 Å². The fraction of sp³-hybridized carbons (Fsp3) is 0.385. The third-order valence-corrected chi connectivity index (χ3v) is 3.00. The Morgan fingerprint density at radius 2 is 2.44 bits per heavy atom. The fourth-order valence-corrected chi connectivity index (χ4v) is 2.13. The van der Waals surface area contributed by atoms with E-state index in [1.165, 1.54) is 0 Å². The first-order valence-corrected chi connectivity index (χ1v) is 5.55. The summed E-state index contributed by atoms with van der Waals surface area (Å²) < 4.78 is 0. The summed E-state index contributed by atoms with van der Waals surface area (Å²) in [5.74, 6) is 0.214. The van der Waals surface area contributed by atoms with Gasteiger partial charge in [-0.1, -0.05) is 13.0 Å². The number of nitrogens with one attached hydrogen (secondary N) is 1. The van der Waals surface area contributed by atoms with Crippen LogP contribution in [0.3, 0.4) is 0 Å². The van der Waals surface area contributed by atoms with Crippen molar-refractivity contribution in [2.24, 2.45) is 0 Å². The smallest absolute Gasteiger partial charge is 0.154 e. The second-order valence-electron chi connectivity index (χ2n) is 3.98. The summed E-state index contributed by atoms with van der Waals surface area (Å²) in [6.07, 6.45) is 1.43. The van der Waals surface area contributed by atoms with Crippen molar-refractivity contribution in [3.63, 3.8) is 0 Å². The molecule has 82 valence electrons. The van der Waals surface area contributed by atoms with Crippen molar-refractivity contribution in [2.75, 3.05) is 6.54 Å². The van der Waals surface area contributed by atoms with Crippen molar-refractivity contribution in [2.45, 2.75) is 25.8 Å². The number of nitrogens with zero attached hydrogens (tertiary/aromatic N) is 1. The van der Waals surface area contributed by atoms with Crippen LogP contribution >= 0.6 is 0 Å². The van der Waals surface area contributed by atoms with E-state index in [1.807, 2.05) is 19.1 Å². The standard InChI is InChI=1S/C13H14N2O/c1-2-12(16)13-11-4-3-9(8-14)7-10(11)5-6-15-13/h3-4,7,13,15H,2,5-6H2,1H3. The molecular formula is C13H14N2O. The number of Topliss-reactive ketones (excluding diaryl/α,β-unsaturated/α-hetero) is 1. The molecule has 0 amide bonds. The van der Waals surface area contributed by atoms with Gasteiger partial charge in [-0.05, 0) is 29.7 Å². The number of rotatable bonds is 2. The van der Waals surface area contributed by atoms with Gasteiger partial charge >= 0.3 is 0 Å². The number of benzene rings is 1. The summed E-state index contributed by atoms with van der Waals surface area (Å²) >= 11 is 0. The van der Waals surface area contributed by atoms with Crippen LogP contribution in [-0.4, -0.2) is 12.3 Å². The van der Waals surface area contributed by atoms with Crippen LogP contribution in [0.25, 0.3) is 0 Å².